The fourth-order valence-electron chi connectivity index (χ4n) is 1.52. The number of thiazole rings is 1. The lowest BCUT2D eigenvalue weighted by molar-refractivity contribution is 0.0789. The van der Waals surface area contributed by atoms with E-state index in [2.05, 4.69) is 9.97 Å². The minimum atomic E-state index is 0.00820. The van der Waals surface area contributed by atoms with Gasteiger partial charge in [0.05, 0.1) is 11.2 Å². The highest BCUT2D eigenvalue weighted by Crippen LogP contribution is 2.15. The van der Waals surface area contributed by atoms with Gasteiger partial charge >= 0.3 is 0 Å². The zero-order valence-corrected chi connectivity index (χ0v) is 10.6. The Morgan fingerprint density at radius 3 is 2.94 bits per heavy atom. The molecule has 17 heavy (non-hydrogen) atoms. The molecule has 0 radical (unpaired) electrons. The van der Waals surface area contributed by atoms with Gasteiger partial charge < -0.3 is 4.90 Å². The molecule has 0 aliphatic carbocycles. The van der Waals surface area contributed by atoms with Crippen molar-refractivity contribution in [2.24, 2.45) is 0 Å². The largest absolute Gasteiger partial charge is 0.337 e. The Bertz CT molecular complexity index is 509. The fourth-order valence-corrected chi connectivity index (χ4v) is 2.31. The molecule has 0 fully saturated rings. The van der Waals surface area contributed by atoms with Crippen LogP contribution < -0.4 is 0 Å². The maximum atomic E-state index is 12.1. The summed E-state index contributed by atoms with van der Waals surface area (Å²) in [4.78, 5) is 22.6. The molecule has 0 spiro atoms. The number of aryl methyl sites for hydroxylation is 1. The lowest BCUT2D eigenvalue weighted by Crippen LogP contribution is -2.26. The van der Waals surface area contributed by atoms with Gasteiger partial charge in [0.1, 0.15) is 4.88 Å². The number of carbonyl (C=O) groups is 1. The van der Waals surface area contributed by atoms with E-state index in [4.69, 9.17) is 0 Å². The van der Waals surface area contributed by atoms with Gasteiger partial charge in [-0.15, -0.1) is 11.3 Å². The molecule has 0 aromatic carbocycles. The Labute approximate surface area is 104 Å². The number of rotatable bonds is 3. The summed E-state index contributed by atoms with van der Waals surface area (Å²) in [5, 5.41) is 0. The average molecular weight is 247 g/mol. The molecule has 0 atom stereocenters. The second-order valence-electron chi connectivity index (χ2n) is 3.79. The molecule has 0 N–H and O–H groups in total. The van der Waals surface area contributed by atoms with Crippen LogP contribution in [0.25, 0.3) is 0 Å². The Morgan fingerprint density at radius 1 is 1.53 bits per heavy atom. The van der Waals surface area contributed by atoms with Crippen LogP contribution in [0.2, 0.25) is 0 Å². The lowest BCUT2D eigenvalue weighted by atomic mass is 10.2. The molecule has 1 amide bonds. The van der Waals surface area contributed by atoms with Crippen LogP contribution in [0.3, 0.4) is 0 Å². The number of hydrogen-bond donors (Lipinski definition) is 0. The smallest absolute Gasteiger partial charge is 0.265 e. The van der Waals surface area contributed by atoms with E-state index in [9.17, 15) is 4.79 Å². The van der Waals surface area contributed by atoms with Crippen LogP contribution in [0.5, 0.6) is 0 Å². The molecule has 2 aromatic rings. The van der Waals surface area contributed by atoms with E-state index >= 15 is 0 Å². The van der Waals surface area contributed by atoms with E-state index in [-0.39, 0.29) is 5.91 Å². The molecular weight excluding hydrogens is 234 g/mol. The van der Waals surface area contributed by atoms with Gasteiger partial charge in [0.2, 0.25) is 0 Å². The van der Waals surface area contributed by atoms with Gasteiger partial charge in [0.15, 0.2) is 0 Å². The van der Waals surface area contributed by atoms with Crippen LogP contribution in [-0.2, 0) is 6.54 Å². The van der Waals surface area contributed by atoms with E-state index in [0.29, 0.717) is 11.4 Å². The second-order valence-corrected chi connectivity index (χ2v) is 4.64. The van der Waals surface area contributed by atoms with Gasteiger partial charge in [-0.05, 0) is 18.6 Å². The summed E-state index contributed by atoms with van der Waals surface area (Å²) in [6.07, 6.45) is 3.49. The van der Waals surface area contributed by atoms with Crippen molar-refractivity contribution in [3.8, 4) is 0 Å². The maximum Gasteiger partial charge on any atom is 0.265 e. The number of amides is 1. The van der Waals surface area contributed by atoms with E-state index in [1.54, 1.807) is 29.9 Å². The van der Waals surface area contributed by atoms with Gasteiger partial charge in [-0.2, -0.15) is 0 Å². The van der Waals surface area contributed by atoms with Crippen LogP contribution in [-0.4, -0.2) is 27.8 Å². The van der Waals surface area contributed by atoms with Crippen LogP contribution in [0.15, 0.2) is 30.0 Å². The van der Waals surface area contributed by atoms with Crippen molar-refractivity contribution in [2.75, 3.05) is 7.05 Å². The molecule has 0 bridgehead atoms. The standard InChI is InChI=1S/C12H13N3OS/c1-9-11(17-8-14-9)12(16)15(2)7-10-4-3-5-13-6-10/h3-6,8H,7H2,1-2H3. The third-order valence-electron chi connectivity index (χ3n) is 2.43. The quantitative estimate of drug-likeness (QED) is 0.834. The number of nitrogens with zero attached hydrogens (tertiary/aromatic N) is 3. The fraction of sp³-hybridized carbons (Fsp3) is 0.250. The van der Waals surface area contributed by atoms with Gasteiger partial charge in [0, 0.05) is 26.0 Å². The minimum Gasteiger partial charge on any atom is -0.337 e. The first-order valence-electron chi connectivity index (χ1n) is 5.23. The third kappa shape index (κ3) is 2.68. The van der Waals surface area contributed by atoms with Gasteiger partial charge in [-0.3, -0.25) is 9.78 Å². The Kier molecular flexibility index (Phi) is 3.49. The Morgan fingerprint density at radius 2 is 2.35 bits per heavy atom. The normalized spacial score (nSPS) is 10.2. The molecule has 0 unspecified atom stereocenters. The van der Waals surface area contributed by atoms with Crippen molar-refractivity contribution in [1.29, 1.82) is 0 Å². The van der Waals surface area contributed by atoms with Crippen molar-refractivity contribution < 1.29 is 4.79 Å². The van der Waals surface area contributed by atoms with E-state index < -0.39 is 0 Å². The van der Waals surface area contributed by atoms with E-state index in [1.165, 1.54) is 11.3 Å². The first kappa shape index (κ1) is 11.7. The molecule has 88 valence electrons. The second kappa shape index (κ2) is 5.05. The summed E-state index contributed by atoms with van der Waals surface area (Å²) in [5.41, 5.74) is 3.50. The molecule has 0 aliphatic rings. The number of pyridine rings is 1. The molecule has 5 heteroatoms. The van der Waals surface area contributed by atoms with Crippen LogP contribution in [0, 0.1) is 6.92 Å². The summed E-state index contributed by atoms with van der Waals surface area (Å²) in [5.74, 6) is 0.00820. The number of hydrogen-bond acceptors (Lipinski definition) is 4. The monoisotopic (exact) mass is 247 g/mol. The topological polar surface area (TPSA) is 46.1 Å². The summed E-state index contributed by atoms with van der Waals surface area (Å²) < 4.78 is 0. The molecule has 2 aromatic heterocycles. The first-order valence-corrected chi connectivity index (χ1v) is 6.11. The van der Waals surface area contributed by atoms with Gasteiger partial charge in [-0.25, -0.2) is 4.98 Å². The highest BCUT2D eigenvalue weighted by atomic mass is 32.1. The highest BCUT2D eigenvalue weighted by Gasteiger charge is 2.16. The van der Waals surface area contributed by atoms with Crippen molar-refractivity contribution in [2.45, 2.75) is 13.5 Å². The van der Waals surface area contributed by atoms with Gasteiger partial charge in [-0.1, -0.05) is 6.07 Å². The maximum absolute atomic E-state index is 12.1. The number of carbonyl (C=O) groups excluding carboxylic acids is 1. The minimum absolute atomic E-state index is 0.00820. The molecular formula is C12H13N3OS. The van der Waals surface area contributed by atoms with Crippen molar-refractivity contribution in [3.05, 3.63) is 46.2 Å². The lowest BCUT2D eigenvalue weighted by Gasteiger charge is -2.16. The third-order valence-corrected chi connectivity index (χ3v) is 3.35. The van der Waals surface area contributed by atoms with Gasteiger partial charge in [0.25, 0.3) is 5.91 Å². The van der Waals surface area contributed by atoms with Crippen molar-refractivity contribution in [1.82, 2.24) is 14.9 Å². The SMILES string of the molecule is Cc1ncsc1C(=O)N(C)Cc1cccnc1. The predicted octanol–water partition coefficient (Wildman–Crippen LogP) is 2.12. The molecule has 0 saturated carbocycles. The van der Waals surface area contributed by atoms with Crippen LogP contribution >= 0.6 is 11.3 Å². The summed E-state index contributed by atoms with van der Waals surface area (Å²) >= 11 is 1.38. The Balaban J connectivity index is 2.09. The van der Waals surface area contributed by atoms with Crippen molar-refractivity contribution in [3.63, 3.8) is 0 Å². The molecule has 4 nitrogen and oxygen atoms in total. The average Bonchev–Trinajstić information content (AvgIpc) is 2.76. The zero-order valence-electron chi connectivity index (χ0n) is 9.75. The molecule has 0 aliphatic heterocycles. The Hall–Kier alpha value is -1.75. The first-order chi connectivity index (χ1) is 8.18. The molecule has 2 rings (SSSR count). The number of aromatic nitrogens is 2. The predicted molar refractivity (Wildman–Crippen MR) is 66.9 cm³/mol. The van der Waals surface area contributed by atoms with Crippen molar-refractivity contribution >= 4 is 17.2 Å². The zero-order chi connectivity index (χ0) is 12.3. The summed E-state index contributed by atoms with van der Waals surface area (Å²) in [6, 6.07) is 3.82. The highest BCUT2D eigenvalue weighted by molar-refractivity contribution is 7.11. The van der Waals surface area contributed by atoms with E-state index in [0.717, 1.165) is 11.3 Å². The summed E-state index contributed by atoms with van der Waals surface area (Å²) in [6.45, 7) is 2.41. The molecule has 0 saturated heterocycles. The molecule has 2 heterocycles. The van der Waals surface area contributed by atoms with Crippen LogP contribution in [0.1, 0.15) is 20.9 Å². The summed E-state index contributed by atoms with van der Waals surface area (Å²) in [7, 11) is 1.79. The van der Waals surface area contributed by atoms with E-state index in [1.807, 2.05) is 19.1 Å². The van der Waals surface area contributed by atoms with Crippen LogP contribution in [0.4, 0.5) is 0 Å².